The van der Waals surface area contributed by atoms with E-state index in [1.165, 1.54) is 5.56 Å². The highest BCUT2D eigenvalue weighted by molar-refractivity contribution is 5.87. The molecule has 2 fully saturated rings. The van der Waals surface area contributed by atoms with Gasteiger partial charge in [0.05, 0.1) is 30.6 Å². The number of carbonyl (C=O) groups is 2. The Morgan fingerprint density at radius 2 is 1.93 bits per heavy atom. The van der Waals surface area contributed by atoms with Crippen LogP contribution < -0.4 is 5.32 Å². The van der Waals surface area contributed by atoms with Gasteiger partial charge in [0.2, 0.25) is 5.91 Å². The van der Waals surface area contributed by atoms with Gasteiger partial charge in [0.25, 0.3) is 0 Å². The number of fused-ring (bicyclic) bond motifs is 2. The molecule has 3 aliphatic rings. The molecular formula is C23H30N2O4. The van der Waals surface area contributed by atoms with Crippen molar-refractivity contribution in [1.29, 1.82) is 0 Å². The van der Waals surface area contributed by atoms with E-state index in [-0.39, 0.29) is 29.9 Å². The van der Waals surface area contributed by atoms with Crippen LogP contribution in [0.4, 0.5) is 0 Å². The predicted molar refractivity (Wildman–Crippen MR) is 109 cm³/mol. The van der Waals surface area contributed by atoms with Gasteiger partial charge in [-0.05, 0) is 30.2 Å². The van der Waals surface area contributed by atoms with Crippen molar-refractivity contribution in [3.63, 3.8) is 0 Å². The van der Waals surface area contributed by atoms with Crippen LogP contribution in [0.2, 0.25) is 0 Å². The Bertz CT molecular complexity index is 765. The molecule has 6 heteroatoms. The molecule has 1 saturated carbocycles. The number of morpholine rings is 1. The van der Waals surface area contributed by atoms with Crippen molar-refractivity contribution in [1.82, 2.24) is 10.2 Å². The molecule has 1 saturated heterocycles. The molecule has 1 aromatic rings. The molecule has 1 aromatic carbocycles. The minimum absolute atomic E-state index is 0.0133. The van der Waals surface area contributed by atoms with Crippen LogP contribution in [0.3, 0.4) is 0 Å². The smallest absolute Gasteiger partial charge is 0.307 e. The zero-order chi connectivity index (χ0) is 20.4. The van der Waals surface area contributed by atoms with Crippen LogP contribution in [0.5, 0.6) is 0 Å². The highest BCUT2D eigenvalue weighted by Crippen LogP contribution is 2.48. The van der Waals surface area contributed by atoms with Crippen LogP contribution in [-0.2, 0) is 20.9 Å². The number of benzene rings is 1. The highest BCUT2D eigenvalue weighted by atomic mass is 16.5. The van der Waals surface area contributed by atoms with Crippen molar-refractivity contribution in [2.75, 3.05) is 19.7 Å². The van der Waals surface area contributed by atoms with Crippen LogP contribution in [-0.4, -0.2) is 53.7 Å². The molecule has 0 aromatic heterocycles. The molecule has 6 atom stereocenters. The third-order valence-electron chi connectivity index (χ3n) is 6.69. The van der Waals surface area contributed by atoms with Crippen LogP contribution >= 0.6 is 0 Å². The number of ether oxygens (including phenoxy) is 1. The van der Waals surface area contributed by atoms with Gasteiger partial charge in [0, 0.05) is 19.6 Å². The van der Waals surface area contributed by atoms with Crippen LogP contribution in [0.15, 0.2) is 42.5 Å². The van der Waals surface area contributed by atoms with Gasteiger partial charge in [-0.15, -0.1) is 0 Å². The zero-order valence-corrected chi connectivity index (χ0v) is 16.9. The normalized spacial score (nSPS) is 32.2. The van der Waals surface area contributed by atoms with E-state index in [2.05, 4.69) is 22.3 Å². The maximum absolute atomic E-state index is 13.1. The van der Waals surface area contributed by atoms with Crippen molar-refractivity contribution in [2.45, 2.75) is 38.5 Å². The van der Waals surface area contributed by atoms with Crippen molar-refractivity contribution >= 4 is 11.9 Å². The van der Waals surface area contributed by atoms with E-state index < -0.39 is 17.8 Å². The number of carbonyl (C=O) groups excluding carboxylic acids is 1. The number of hydrogen-bond acceptors (Lipinski definition) is 4. The summed E-state index contributed by atoms with van der Waals surface area (Å²) in [5.74, 6) is -2.05. The number of carboxylic acids is 1. The molecule has 29 heavy (non-hydrogen) atoms. The lowest BCUT2D eigenvalue weighted by atomic mass is 9.82. The van der Waals surface area contributed by atoms with Crippen molar-refractivity contribution < 1.29 is 19.4 Å². The van der Waals surface area contributed by atoms with E-state index in [0.717, 1.165) is 32.5 Å². The third-order valence-corrected chi connectivity index (χ3v) is 6.69. The monoisotopic (exact) mass is 398 g/mol. The van der Waals surface area contributed by atoms with Gasteiger partial charge in [0.15, 0.2) is 0 Å². The Balaban J connectivity index is 1.39. The standard InChI is InChI=1S/C23H30N2O4/c1-2-18(19-14-25(10-11-29-19)13-15-6-4-3-5-7-15)24-22(26)20-16-8-9-17(12-16)21(20)23(27)28/h3-9,16-21H,2,10-14H2,1H3,(H,24,26)(H,27,28). The summed E-state index contributed by atoms with van der Waals surface area (Å²) in [6.45, 7) is 5.17. The van der Waals surface area contributed by atoms with Gasteiger partial charge in [-0.25, -0.2) is 0 Å². The van der Waals surface area contributed by atoms with Crippen LogP contribution in [0, 0.1) is 23.7 Å². The van der Waals surface area contributed by atoms with Gasteiger partial charge in [0.1, 0.15) is 0 Å². The van der Waals surface area contributed by atoms with Gasteiger partial charge in [-0.2, -0.15) is 0 Å². The maximum atomic E-state index is 13.1. The van der Waals surface area contributed by atoms with Gasteiger partial charge in [-0.1, -0.05) is 49.4 Å². The Morgan fingerprint density at radius 1 is 1.21 bits per heavy atom. The number of allylic oxidation sites excluding steroid dienone is 2. The molecule has 0 radical (unpaired) electrons. The van der Waals surface area contributed by atoms with E-state index in [0.29, 0.717) is 6.61 Å². The Labute approximate surface area is 171 Å². The Hall–Kier alpha value is -2.18. The number of nitrogens with one attached hydrogen (secondary N) is 1. The molecule has 1 amide bonds. The number of nitrogens with zero attached hydrogens (tertiary/aromatic N) is 1. The SMILES string of the molecule is CCC(NC(=O)C1C2C=CC(C2)C1C(=O)O)C1CN(Cc2ccccc2)CCO1. The van der Waals surface area contributed by atoms with Crippen LogP contribution in [0.1, 0.15) is 25.3 Å². The van der Waals surface area contributed by atoms with E-state index >= 15 is 0 Å². The molecule has 2 N–H and O–H groups in total. The summed E-state index contributed by atoms with van der Waals surface area (Å²) in [5, 5.41) is 12.8. The fourth-order valence-electron chi connectivity index (χ4n) is 5.21. The second kappa shape index (κ2) is 8.67. The quantitative estimate of drug-likeness (QED) is 0.689. The first kappa shape index (κ1) is 20.1. The summed E-state index contributed by atoms with van der Waals surface area (Å²) in [4.78, 5) is 27.2. The summed E-state index contributed by atoms with van der Waals surface area (Å²) in [7, 11) is 0. The first-order valence-corrected chi connectivity index (χ1v) is 10.7. The summed E-state index contributed by atoms with van der Waals surface area (Å²) in [6.07, 6.45) is 5.43. The number of hydrogen-bond donors (Lipinski definition) is 2. The molecule has 1 aliphatic heterocycles. The number of rotatable bonds is 7. The molecule has 6 nitrogen and oxygen atoms in total. The fourth-order valence-corrected chi connectivity index (χ4v) is 5.21. The summed E-state index contributed by atoms with van der Waals surface area (Å²) in [6, 6.07) is 10.2. The Morgan fingerprint density at radius 3 is 2.62 bits per heavy atom. The summed E-state index contributed by atoms with van der Waals surface area (Å²) >= 11 is 0. The molecule has 1 heterocycles. The van der Waals surface area contributed by atoms with Gasteiger partial charge >= 0.3 is 5.97 Å². The fraction of sp³-hybridized carbons (Fsp3) is 0.565. The average molecular weight is 399 g/mol. The maximum Gasteiger partial charge on any atom is 0.307 e. The molecular weight excluding hydrogens is 368 g/mol. The van der Waals surface area contributed by atoms with E-state index in [1.807, 2.05) is 37.3 Å². The zero-order valence-electron chi connectivity index (χ0n) is 16.9. The van der Waals surface area contributed by atoms with E-state index in [1.54, 1.807) is 0 Å². The van der Waals surface area contributed by atoms with Crippen molar-refractivity contribution in [3.8, 4) is 0 Å². The minimum Gasteiger partial charge on any atom is -0.481 e. The van der Waals surface area contributed by atoms with E-state index in [4.69, 9.17) is 4.74 Å². The lowest BCUT2D eigenvalue weighted by molar-refractivity contribution is -0.148. The molecule has 4 rings (SSSR count). The second-order valence-electron chi connectivity index (χ2n) is 8.49. The molecule has 6 unspecified atom stereocenters. The minimum atomic E-state index is -0.863. The molecule has 156 valence electrons. The first-order chi connectivity index (χ1) is 14.1. The number of amides is 1. The largest absolute Gasteiger partial charge is 0.481 e. The highest BCUT2D eigenvalue weighted by Gasteiger charge is 2.52. The number of aliphatic carboxylic acids is 1. The lowest BCUT2D eigenvalue weighted by Crippen LogP contribution is -2.54. The second-order valence-corrected chi connectivity index (χ2v) is 8.49. The van der Waals surface area contributed by atoms with Gasteiger partial charge < -0.3 is 15.2 Å². The van der Waals surface area contributed by atoms with Crippen LogP contribution in [0.25, 0.3) is 0 Å². The molecule has 0 spiro atoms. The first-order valence-electron chi connectivity index (χ1n) is 10.7. The third kappa shape index (κ3) is 4.23. The topological polar surface area (TPSA) is 78.9 Å². The average Bonchev–Trinajstić information content (AvgIpc) is 3.34. The molecule has 2 aliphatic carbocycles. The summed E-state index contributed by atoms with van der Waals surface area (Å²) in [5.41, 5.74) is 1.27. The predicted octanol–water partition coefficient (Wildman–Crippen LogP) is 2.31. The van der Waals surface area contributed by atoms with Crippen molar-refractivity contribution in [2.24, 2.45) is 23.7 Å². The molecule has 2 bridgehead atoms. The lowest BCUT2D eigenvalue weighted by Gasteiger charge is -2.38. The number of carboxylic acid groups (broad SMARTS) is 1. The van der Waals surface area contributed by atoms with Crippen molar-refractivity contribution in [3.05, 3.63) is 48.0 Å². The Kier molecular flexibility index (Phi) is 6.01. The summed E-state index contributed by atoms with van der Waals surface area (Å²) < 4.78 is 6.01. The van der Waals surface area contributed by atoms with Gasteiger partial charge in [-0.3, -0.25) is 14.5 Å². The van der Waals surface area contributed by atoms with E-state index in [9.17, 15) is 14.7 Å².